The van der Waals surface area contributed by atoms with Crippen molar-refractivity contribution >= 4 is 5.97 Å². The molecule has 0 aromatic carbocycles. The zero-order chi connectivity index (χ0) is 21.5. The predicted octanol–water partition coefficient (Wildman–Crippen LogP) is 5.42. The molecule has 0 radical (unpaired) electrons. The van der Waals surface area contributed by atoms with E-state index in [1.165, 1.54) is 7.11 Å². The van der Waals surface area contributed by atoms with Gasteiger partial charge in [0.25, 0.3) is 0 Å². The van der Waals surface area contributed by atoms with Gasteiger partial charge in [-0.25, -0.2) is 4.79 Å². The van der Waals surface area contributed by atoms with Crippen molar-refractivity contribution in [3.8, 4) is 0 Å². The van der Waals surface area contributed by atoms with E-state index in [4.69, 9.17) is 22.4 Å². The van der Waals surface area contributed by atoms with Gasteiger partial charge in [0.05, 0.1) is 32.2 Å². The van der Waals surface area contributed by atoms with Crippen LogP contribution in [-0.2, 0) is 35.2 Å². The summed E-state index contributed by atoms with van der Waals surface area (Å²) >= 11 is 0. The monoisotopic (exact) mass is 420 g/mol. The van der Waals surface area contributed by atoms with Crippen LogP contribution in [0.25, 0.3) is 0 Å². The standard InChI is InChI=1S/C25H24O6/c1-27-25(26)24(18(14-20-6-2-10-28-20)15-21-7-3-11-29-21)19(16-22-8-4-12-30-22)17-23-9-5-13-31-23/h2-13,18H,14-17H2,1H3. The highest BCUT2D eigenvalue weighted by Gasteiger charge is 2.29. The van der Waals surface area contributed by atoms with E-state index in [0.717, 1.165) is 28.6 Å². The summed E-state index contributed by atoms with van der Waals surface area (Å²) in [6.45, 7) is 0. The molecule has 0 spiro atoms. The maximum Gasteiger partial charge on any atom is 0.334 e. The summed E-state index contributed by atoms with van der Waals surface area (Å²) in [5, 5.41) is 0. The van der Waals surface area contributed by atoms with E-state index in [9.17, 15) is 4.79 Å². The average molecular weight is 420 g/mol. The first-order chi connectivity index (χ1) is 15.2. The fourth-order valence-electron chi connectivity index (χ4n) is 3.83. The lowest BCUT2D eigenvalue weighted by Crippen LogP contribution is -2.22. The van der Waals surface area contributed by atoms with Crippen molar-refractivity contribution in [3.05, 3.63) is 108 Å². The highest BCUT2D eigenvalue weighted by atomic mass is 16.5. The van der Waals surface area contributed by atoms with Gasteiger partial charge >= 0.3 is 5.97 Å². The van der Waals surface area contributed by atoms with Gasteiger partial charge in [-0.3, -0.25) is 0 Å². The fraction of sp³-hybridized carbons (Fsp3) is 0.240. The minimum atomic E-state index is -0.378. The number of furan rings is 4. The number of carbonyl (C=O) groups is 1. The molecular formula is C25H24O6. The zero-order valence-corrected chi connectivity index (χ0v) is 17.3. The molecule has 4 aromatic heterocycles. The highest BCUT2D eigenvalue weighted by molar-refractivity contribution is 5.90. The third kappa shape index (κ3) is 5.28. The average Bonchev–Trinajstić information content (AvgIpc) is 3.56. The summed E-state index contributed by atoms with van der Waals surface area (Å²) in [4.78, 5) is 13.1. The largest absolute Gasteiger partial charge is 0.469 e. The Morgan fingerprint density at radius 2 is 1.16 bits per heavy atom. The topological polar surface area (TPSA) is 78.9 Å². The zero-order valence-electron chi connectivity index (χ0n) is 17.3. The van der Waals surface area contributed by atoms with E-state index in [1.807, 2.05) is 48.5 Å². The lowest BCUT2D eigenvalue weighted by molar-refractivity contribution is -0.136. The van der Waals surface area contributed by atoms with Gasteiger partial charge in [0.15, 0.2) is 0 Å². The van der Waals surface area contributed by atoms with Crippen LogP contribution in [0.2, 0.25) is 0 Å². The first-order valence-corrected chi connectivity index (χ1v) is 10.1. The van der Waals surface area contributed by atoms with Gasteiger partial charge in [0.2, 0.25) is 0 Å². The van der Waals surface area contributed by atoms with Gasteiger partial charge in [-0.15, -0.1) is 0 Å². The molecule has 0 aliphatic heterocycles. The van der Waals surface area contributed by atoms with Gasteiger partial charge < -0.3 is 22.4 Å². The molecule has 0 saturated heterocycles. The van der Waals surface area contributed by atoms with Crippen LogP contribution in [-0.4, -0.2) is 13.1 Å². The second kappa shape index (κ2) is 9.89. The SMILES string of the molecule is COC(=O)C(=C(Cc1ccco1)Cc1ccco1)C(Cc1ccco1)Cc1ccco1. The second-order valence-electron chi connectivity index (χ2n) is 7.28. The summed E-state index contributed by atoms with van der Waals surface area (Å²) in [6, 6.07) is 14.9. The number of hydrogen-bond acceptors (Lipinski definition) is 6. The Balaban J connectivity index is 1.78. The molecule has 0 unspecified atom stereocenters. The molecule has 4 aromatic rings. The number of ether oxygens (including phenoxy) is 1. The third-order valence-electron chi connectivity index (χ3n) is 5.19. The molecule has 0 aliphatic rings. The Morgan fingerprint density at radius 1 is 0.742 bits per heavy atom. The molecule has 0 amide bonds. The van der Waals surface area contributed by atoms with Crippen molar-refractivity contribution in [2.24, 2.45) is 5.92 Å². The molecule has 0 N–H and O–H groups in total. The molecule has 6 heteroatoms. The molecule has 160 valence electrons. The molecule has 31 heavy (non-hydrogen) atoms. The molecular weight excluding hydrogens is 396 g/mol. The number of rotatable bonds is 10. The third-order valence-corrected chi connectivity index (χ3v) is 5.19. The lowest BCUT2D eigenvalue weighted by Gasteiger charge is -2.21. The van der Waals surface area contributed by atoms with E-state index >= 15 is 0 Å². The maximum absolute atomic E-state index is 13.1. The van der Waals surface area contributed by atoms with Crippen molar-refractivity contribution < 1.29 is 27.2 Å². The van der Waals surface area contributed by atoms with Crippen LogP contribution in [0.1, 0.15) is 23.0 Å². The Hall–Kier alpha value is -3.67. The Kier molecular flexibility index (Phi) is 6.57. The molecule has 0 bridgehead atoms. The van der Waals surface area contributed by atoms with Crippen LogP contribution in [0.4, 0.5) is 0 Å². The van der Waals surface area contributed by atoms with Crippen molar-refractivity contribution in [1.29, 1.82) is 0 Å². The quantitative estimate of drug-likeness (QED) is 0.252. The van der Waals surface area contributed by atoms with Crippen LogP contribution in [0.15, 0.2) is 102 Å². The molecule has 0 saturated carbocycles. The van der Waals surface area contributed by atoms with Gasteiger partial charge in [-0.2, -0.15) is 0 Å². The summed E-state index contributed by atoms with van der Waals surface area (Å²) in [5.74, 6) is 2.50. The van der Waals surface area contributed by atoms with Crippen LogP contribution in [0, 0.1) is 5.92 Å². The first kappa shape index (κ1) is 20.6. The molecule has 6 nitrogen and oxygen atoms in total. The summed E-state index contributed by atoms with van der Waals surface area (Å²) in [7, 11) is 1.40. The van der Waals surface area contributed by atoms with Crippen LogP contribution >= 0.6 is 0 Å². The Bertz CT molecular complexity index is 993. The van der Waals surface area contributed by atoms with Crippen molar-refractivity contribution in [2.75, 3.05) is 7.11 Å². The molecule has 0 atom stereocenters. The van der Waals surface area contributed by atoms with Gasteiger partial charge in [-0.05, 0) is 54.1 Å². The van der Waals surface area contributed by atoms with E-state index in [0.29, 0.717) is 31.3 Å². The molecule has 4 heterocycles. The highest BCUT2D eigenvalue weighted by Crippen LogP contribution is 2.30. The van der Waals surface area contributed by atoms with E-state index in [1.54, 1.807) is 25.1 Å². The van der Waals surface area contributed by atoms with Crippen LogP contribution in [0.5, 0.6) is 0 Å². The number of esters is 1. The Labute approximate surface area is 180 Å². The van der Waals surface area contributed by atoms with Crippen LogP contribution < -0.4 is 0 Å². The summed E-state index contributed by atoms with van der Waals surface area (Å²) in [6.07, 6.45) is 8.49. The number of hydrogen-bond donors (Lipinski definition) is 0. The summed E-state index contributed by atoms with van der Waals surface area (Å²) in [5.41, 5.74) is 1.46. The number of carbonyl (C=O) groups excluding carboxylic acids is 1. The van der Waals surface area contributed by atoms with Gasteiger partial charge in [0, 0.05) is 37.2 Å². The number of allylic oxidation sites excluding steroid dienone is 1. The van der Waals surface area contributed by atoms with E-state index in [2.05, 4.69) is 0 Å². The fourth-order valence-corrected chi connectivity index (χ4v) is 3.83. The minimum absolute atomic E-state index is 0.218. The van der Waals surface area contributed by atoms with Crippen molar-refractivity contribution in [3.63, 3.8) is 0 Å². The molecule has 4 rings (SSSR count). The minimum Gasteiger partial charge on any atom is -0.469 e. The van der Waals surface area contributed by atoms with Crippen molar-refractivity contribution in [1.82, 2.24) is 0 Å². The first-order valence-electron chi connectivity index (χ1n) is 10.1. The van der Waals surface area contributed by atoms with Crippen LogP contribution in [0.3, 0.4) is 0 Å². The van der Waals surface area contributed by atoms with E-state index in [-0.39, 0.29) is 11.9 Å². The molecule has 0 fully saturated rings. The number of methoxy groups -OCH3 is 1. The normalized spacial score (nSPS) is 11.0. The summed E-state index contributed by atoms with van der Waals surface area (Å²) < 4.78 is 27.6. The van der Waals surface area contributed by atoms with Crippen molar-refractivity contribution in [2.45, 2.75) is 25.7 Å². The Morgan fingerprint density at radius 3 is 1.52 bits per heavy atom. The van der Waals surface area contributed by atoms with E-state index < -0.39 is 0 Å². The lowest BCUT2D eigenvalue weighted by atomic mass is 9.84. The van der Waals surface area contributed by atoms with Gasteiger partial charge in [-0.1, -0.05) is 0 Å². The van der Waals surface area contributed by atoms with Gasteiger partial charge in [0.1, 0.15) is 23.0 Å². The maximum atomic E-state index is 13.1. The second-order valence-corrected chi connectivity index (χ2v) is 7.28. The predicted molar refractivity (Wildman–Crippen MR) is 112 cm³/mol. The smallest absolute Gasteiger partial charge is 0.334 e. The molecule has 0 aliphatic carbocycles.